The van der Waals surface area contributed by atoms with Crippen LogP contribution in [0.25, 0.3) is 0 Å². The van der Waals surface area contributed by atoms with Gasteiger partial charge in [0.15, 0.2) is 6.79 Å². The van der Waals surface area contributed by atoms with Crippen LogP contribution in [0.1, 0.15) is 17.5 Å². The lowest BCUT2D eigenvalue weighted by Gasteiger charge is -2.27. The summed E-state index contributed by atoms with van der Waals surface area (Å²) in [6.45, 7) is 1.82. The molecule has 0 aromatic heterocycles. The fourth-order valence-electron chi connectivity index (χ4n) is 2.71. The van der Waals surface area contributed by atoms with E-state index in [9.17, 15) is 0 Å². The van der Waals surface area contributed by atoms with Crippen molar-refractivity contribution in [3.63, 3.8) is 0 Å². The SMILES string of the molecule is CN(Cc1cc(N)cc2c1OCOC2)C1CCSC1. The van der Waals surface area contributed by atoms with E-state index in [1.165, 1.54) is 23.5 Å². The van der Waals surface area contributed by atoms with Gasteiger partial charge in [0, 0.05) is 35.2 Å². The molecular formula is C14H20N2O2S. The van der Waals surface area contributed by atoms with Crippen LogP contribution in [-0.4, -0.2) is 36.3 Å². The summed E-state index contributed by atoms with van der Waals surface area (Å²) in [6, 6.07) is 4.65. The number of nitrogen functional groups attached to an aromatic ring is 1. The highest BCUT2D eigenvalue weighted by atomic mass is 32.2. The molecule has 1 unspecified atom stereocenters. The van der Waals surface area contributed by atoms with Crippen molar-refractivity contribution in [1.82, 2.24) is 4.90 Å². The molecule has 2 N–H and O–H groups in total. The van der Waals surface area contributed by atoms with Gasteiger partial charge >= 0.3 is 0 Å². The van der Waals surface area contributed by atoms with Crippen LogP contribution in [0.4, 0.5) is 5.69 Å². The van der Waals surface area contributed by atoms with Crippen molar-refractivity contribution in [2.24, 2.45) is 0 Å². The first-order valence-electron chi connectivity index (χ1n) is 6.64. The topological polar surface area (TPSA) is 47.7 Å². The summed E-state index contributed by atoms with van der Waals surface area (Å²) in [6.07, 6.45) is 1.27. The molecule has 2 heterocycles. The predicted octanol–water partition coefficient (Wildman–Crippen LogP) is 2.07. The van der Waals surface area contributed by atoms with Gasteiger partial charge in [-0.2, -0.15) is 11.8 Å². The molecule has 0 saturated carbocycles. The second-order valence-electron chi connectivity index (χ2n) is 5.21. The molecule has 0 bridgehead atoms. The normalized spacial score (nSPS) is 22.3. The Labute approximate surface area is 118 Å². The maximum absolute atomic E-state index is 5.98. The first kappa shape index (κ1) is 13.1. The highest BCUT2D eigenvalue weighted by Gasteiger charge is 2.23. The van der Waals surface area contributed by atoms with Crippen LogP contribution in [-0.2, 0) is 17.9 Å². The second-order valence-corrected chi connectivity index (χ2v) is 6.36. The first-order valence-corrected chi connectivity index (χ1v) is 7.79. The third-order valence-electron chi connectivity index (χ3n) is 3.76. The summed E-state index contributed by atoms with van der Waals surface area (Å²) >= 11 is 2.04. The van der Waals surface area contributed by atoms with Crippen molar-refractivity contribution in [3.05, 3.63) is 23.3 Å². The van der Waals surface area contributed by atoms with Crippen LogP contribution < -0.4 is 10.5 Å². The molecule has 2 aliphatic heterocycles. The number of nitrogens with two attached hydrogens (primary N) is 1. The van der Waals surface area contributed by atoms with Gasteiger partial charge in [-0.1, -0.05) is 0 Å². The van der Waals surface area contributed by atoms with Crippen LogP contribution in [0.5, 0.6) is 5.75 Å². The largest absolute Gasteiger partial charge is 0.467 e. The van der Waals surface area contributed by atoms with E-state index in [1.54, 1.807) is 0 Å². The minimum atomic E-state index is 0.340. The number of hydrogen-bond donors (Lipinski definition) is 1. The maximum atomic E-state index is 5.98. The summed E-state index contributed by atoms with van der Waals surface area (Å²) < 4.78 is 11.0. The quantitative estimate of drug-likeness (QED) is 0.859. The molecule has 0 amide bonds. The van der Waals surface area contributed by atoms with Crippen LogP contribution in [0.2, 0.25) is 0 Å². The smallest absolute Gasteiger partial charge is 0.189 e. The van der Waals surface area contributed by atoms with Gasteiger partial charge in [-0.25, -0.2) is 0 Å². The highest BCUT2D eigenvalue weighted by Crippen LogP contribution is 2.32. The zero-order valence-corrected chi connectivity index (χ0v) is 12.0. The Hall–Kier alpha value is -0.910. The lowest BCUT2D eigenvalue weighted by atomic mass is 10.1. The van der Waals surface area contributed by atoms with E-state index in [1.807, 2.05) is 23.9 Å². The van der Waals surface area contributed by atoms with E-state index in [2.05, 4.69) is 11.9 Å². The van der Waals surface area contributed by atoms with Gasteiger partial charge in [-0.05, 0) is 31.4 Å². The number of benzene rings is 1. The van der Waals surface area contributed by atoms with E-state index in [4.69, 9.17) is 15.2 Å². The Kier molecular flexibility index (Phi) is 3.86. The monoisotopic (exact) mass is 280 g/mol. The lowest BCUT2D eigenvalue weighted by Crippen LogP contribution is -2.31. The number of fused-ring (bicyclic) bond motifs is 1. The van der Waals surface area contributed by atoms with Gasteiger partial charge in [0.05, 0.1) is 6.61 Å². The molecule has 1 fully saturated rings. The van der Waals surface area contributed by atoms with Gasteiger partial charge in [-0.3, -0.25) is 4.90 Å². The van der Waals surface area contributed by atoms with Gasteiger partial charge in [-0.15, -0.1) is 0 Å². The van der Waals surface area contributed by atoms with Crippen molar-refractivity contribution in [3.8, 4) is 5.75 Å². The molecule has 4 nitrogen and oxygen atoms in total. The number of nitrogens with zero attached hydrogens (tertiary/aromatic N) is 1. The standard InChI is InChI=1S/C14H20N2O2S/c1-16(13-2-3-19-8-13)6-10-4-12(15)5-11-7-17-9-18-14(10)11/h4-5,13H,2-3,6-9,15H2,1H3. The van der Waals surface area contributed by atoms with Crippen molar-refractivity contribution in [2.45, 2.75) is 25.6 Å². The zero-order valence-electron chi connectivity index (χ0n) is 11.2. The average Bonchev–Trinajstić information content (AvgIpc) is 2.92. The predicted molar refractivity (Wildman–Crippen MR) is 78.3 cm³/mol. The summed E-state index contributed by atoms with van der Waals surface area (Å²) in [5, 5.41) is 0. The van der Waals surface area contributed by atoms with Crippen LogP contribution >= 0.6 is 11.8 Å². The molecule has 0 radical (unpaired) electrons. The van der Waals surface area contributed by atoms with Crippen LogP contribution in [0.3, 0.4) is 0 Å². The van der Waals surface area contributed by atoms with E-state index in [0.29, 0.717) is 19.4 Å². The lowest BCUT2D eigenvalue weighted by molar-refractivity contribution is -0.0174. The van der Waals surface area contributed by atoms with Gasteiger partial charge in [0.2, 0.25) is 0 Å². The Morgan fingerprint density at radius 3 is 3.16 bits per heavy atom. The number of ether oxygens (including phenoxy) is 2. The molecular weight excluding hydrogens is 260 g/mol. The Bertz CT molecular complexity index is 461. The molecule has 1 aromatic carbocycles. The van der Waals surface area contributed by atoms with E-state index >= 15 is 0 Å². The molecule has 2 aliphatic rings. The third-order valence-corrected chi connectivity index (χ3v) is 4.90. The van der Waals surface area contributed by atoms with Gasteiger partial charge in [0.25, 0.3) is 0 Å². The summed E-state index contributed by atoms with van der Waals surface area (Å²) in [4.78, 5) is 2.41. The first-order chi connectivity index (χ1) is 9.24. The van der Waals surface area contributed by atoms with Crippen LogP contribution in [0.15, 0.2) is 12.1 Å². The van der Waals surface area contributed by atoms with Crippen molar-refractivity contribution < 1.29 is 9.47 Å². The number of hydrogen-bond acceptors (Lipinski definition) is 5. The number of thioether (sulfide) groups is 1. The van der Waals surface area contributed by atoms with E-state index in [-0.39, 0.29) is 0 Å². The Morgan fingerprint density at radius 1 is 1.47 bits per heavy atom. The van der Waals surface area contributed by atoms with E-state index in [0.717, 1.165) is 23.5 Å². The second kappa shape index (κ2) is 5.61. The van der Waals surface area contributed by atoms with Gasteiger partial charge < -0.3 is 15.2 Å². The fraction of sp³-hybridized carbons (Fsp3) is 0.571. The Morgan fingerprint density at radius 2 is 2.37 bits per heavy atom. The molecule has 0 spiro atoms. The van der Waals surface area contributed by atoms with Crippen molar-refractivity contribution in [1.29, 1.82) is 0 Å². The van der Waals surface area contributed by atoms with Crippen LogP contribution in [0, 0.1) is 0 Å². The molecule has 1 aromatic rings. The third kappa shape index (κ3) is 2.83. The summed E-state index contributed by atoms with van der Waals surface area (Å²) in [7, 11) is 2.19. The number of rotatable bonds is 3. The highest BCUT2D eigenvalue weighted by molar-refractivity contribution is 7.99. The maximum Gasteiger partial charge on any atom is 0.189 e. The average molecular weight is 280 g/mol. The Balaban J connectivity index is 1.81. The zero-order chi connectivity index (χ0) is 13.2. The molecule has 1 saturated heterocycles. The molecule has 3 rings (SSSR count). The van der Waals surface area contributed by atoms with Crippen molar-refractivity contribution in [2.75, 3.05) is 31.1 Å². The summed E-state index contributed by atoms with van der Waals surface area (Å²) in [5.41, 5.74) is 9.01. The number of anilines is 1. The molecule has 104 valence electrons. The molecule has 0 aliphatic carbocycles. The fourth-order valence-corrected chi connectivity index (χ4v) is 4.01. The summed E-state index contributed by atoms with van der Waals surface area (Å²) in [5.74, 6) is 3.47. The van der Waals surface area contributed by atoms with Gasteiger partial charge in [0.1, 0.15) is 5.75 Å². The minimum absolute atomic E-state index is 0.340. The molecule has 1 atom stereocenters. The van der Waals surface area contributed by atoms with Crippen molar-refractivity contribution >= 4 is 17.4 Å². The molecule has 19 heavy (non-hydrogen) atoms. The molecule has 5 heteroatoms. The van der Waals surface area contributed by atoms with E-state index < -0.39 is 0 Å². The minimum Gasteiger partial charge on any atom is -0.467 e.